The average molecular weight is 266 g/mol. The van der Waals surface area contributed by atoms with Crippen LogP contribution >= 0.6 is 11.8 Å². The molecule has 1 aliphatic carbocycles. The van der Waals surface area contributed by atoms with Gasteiger partial charge in [-0.05, 0) is 42.5 Å². The van der Waals surface area contributed by atoms with Gasteiger partial charge in [-0.2, -0.15) is 0 Å². The van der Waals surface area contributed by atoms with Crippen molar-refractivity contribution in [1.82, 2.24) is 5.43 Å². The van der Waals surface area contributed by atoms with Crippen molar-refractivity contribution in [3.8, 4) is 0 Å². The maximum absolute atomic E-state index is 11.6. The quantitative estimate of drug-likeness (QED) is 0.365. The zero-order valence-corrected chi connectivity index (χ0v) is 11.3. The Morgan fingerprint density at radius 2 is 2.28 bits per heavy atom. The summed E-state index contributed by atoms with van der Waals surface area (Å²) in [6.45, 7) is 0.352. The summed E-state index contributed by atoms with van der Waals surface area (Å²) in [6.07, 6.45) is 3.54. The summed E-state index contributed by atoms with van der Waals surface area (Å²) >= 11 is 1.49. The van der Waals surface area contributed by atoms with Crippen LogP contribution in [0, 0.1) is 0 Å². The van der Waals surface area contributed by atoms with Crippen LogP contribution in [-0.4, -0.2) is 24.9 Å². The first-order chi connectivity index (χ1) is 8.74. The van der Waals surface area contributed by atoms with Gasteiger partial charge in [-0.25, -0.2) is 5.84 Å². The third-order valence-corrected chi connectivity index (χ3v) is 4.26. The number of thioether (sulfide) groups is 1. The summed E-state index contributed by atoms with van der Waals surface area (Å²) in [5, 5.41) is -0.306. The predicted molar refractivity (Wildman–Crippen MR) is 72.3 cm³/mol. The van der Waals surface area contributed by atoms with Gasteiger partial charge in [0.25, 0.3) is 0 Å². The molecule has 0 aromatic heterocycles. The van der Waals surface area contributed by atoms with Crippen LogP contribution in [0.5, 0.6) is 0 Å². The zero-order chi connectivity index (χ0) is 13.0. The molecule has 4 nitrogen and oxygen atoms in total. The number of methoxy groups -OCH3 is 1. The second kappa shape index (κ2) is 6.22. The molecule has 0 bridgehead atoms. The predicted octanol–water partition coefficient (Wildman–Crippen LogP) is 1.27. The molecule has 98 valence electrons. The van der Waals surface area contributed by atoms with E-state index >= 15 is 0 Å². The van der Waals surface area contributed by atoms with Gasteiger partial charge in [0.1, 0.15) is 5.25 Å². The number of aryl methyl sites for hydroxylation is 2. The van der Waals surface area contributed by atoms with Crippen LogP contribution < -0.4 is 11.3 Å². The number of hydrogen-bond donors (Lipinski definition) is 2. The minimum absolute atomic E-state index is 0.206. The normalized spacial score (nSPS) is 15.2. The summed E-state index contributed by atoms with van der Waals surface area (Å²) < 4.78 is 5.05. The second-order valence-corrected chi connectivity index (χ2v) is 5.63. The van der Waals surface area contributed by atoms with Gasteiger partial charge in [-0.1, -0.05) is 6.07 Å². The molecule has 1 amide bonds. The minimum atomic E-state index is -0.306. The molecule has 0 fully saturated rings. The van der Waals surface area contributed by atoms with Gasteiger partial charge in [0, 0.05) is 12.0 Å². The van der Waals surface area contributed by atoms with E-state index in [4.69, 9.17) is 10.6 Å². The molecule has 1 atom stereocenters. The summed E-state index contributed by atoms with van der Waals surface area (Å²) in [7, 11) is 1.58. The van der Waals surface area contributed by atoms with Crippen molar-refractivity contribution in [2.24, 2.45) is 5.84 Å². The van der Waals surface area contributed by atoms with E-state index in [0.29, 0.717) is 6.61 Å². The number of ether oxygens (including phenoxy) is 1. The first kappa shape index (κ1) is 13.4. The van der Waals surface area contributed by atoms with E-state index < -0.39 is 0 Å². The Bertz CT molecular complexity index is 437. The third-order valence-electron chi connectivity index (χ3n) is 3.10. The van der Waals surface area contributed by atoms with E-state index in [0.717, 1.165) is 11.3 Å². The lowest BCUT2D eigenvalue weighted by Crippen LogP contribution is -2.39. The van der Waals surface area contributed by atoms with Gasteiger partial charge in [-0.3, -0.25) is 10.2 Å². The molecule has 1 aliphatic rings. The SMILES string of the molecule is COCC(Sc1ccc2c(c1)CCC2)C(=O)NN. The van der Waals surface area contributed by atoms with Crippen LogP contribution in [0.3, 0.4) is 0 Å². The summed E-state index contributed by atoms with van der Waals surface area (Å²) in [5.74, 6) is 4.97. The van der Waals surface area contributed by atoms with E-state index in [9.17, 15) is 4.79 Å². The summed E-state index contributed by atoms with van der Waals surface area (Å²) in [5.41, 5.74) is 5.03. The molecule has 18 heavy (non-hydrogen) atoms. The van der Waals surface area contributed by atoms with Crippen LogP contribution in [-0.2, 0) is 22.4 Å². The molecule has 0 radical (unpaired) electrons. The number of nitrogens with two attached hydrogens (primary N) is 1. The monoisotopic (exact) mass is 266 g/mol. The second-order valence-electron chi connectivity index (χ2n) is 4.35. The smallest absolute Gasteiger partial charge is 0.249 e. The Kier molecular flexibility index (Phi) is 4.63. The number of carbonyl (C=O) groups is 1. The van der Waals surface area contributed by atoms with Crippen LogP contribution in [0.1, 0.15) is 17.5 Å². The Balaban J connectivity index is 2.09. The van der Waals surface area contributed by atoms with Crippen molar-refractivity contribution in [2.75, 3.05) is 13.7 Å². The van der Waals surface area contributed by atoms with E-state index in [-0.39, 0.29) is 11.2 Å². The first-order valence-electron chi connectivity index (χ1n) is 6.02. The van der Waals surface area contributed by atoms with Crippen molar-refractivity contribution in [3.63, 3.8) is 0 Å². The standard InChI is InChI=1S/C13H18N2O2S/c1-17-8-12(13(16)15-14)18-11-6-5-9-3-2-4-10(9)7-11/h5-7,12H,2-4,8,14H2,1H3,(H,15,16). The highest BCUT2D eigenvalue weighted by atomic mass is 32.2. The van der Waals surface area contributed by atoms with Crippen molar-refractivity contribution < 1.29 is 9.53 Å². The number of rotatable bonds is 5. The van der Waals surface area contributed by atoms with Gasteiger partial charge in [0.15, 0.2) is 0 Å². The summed E-state index contributed by atoms with van der Waals surface area (Å²) in [6, 6.07) is 6.41. The highest BCUT2D eigenvalue weighted by molar-refractivity contribution is 8.00. The molecule has 0 saturated heterocycles. The fraction of sp³-hybridized carbons (Fsp3) is 0.462. The topological polar surface area (TPSA) is 64.3 Å². The Hall–Kier alpha value is -1.04. The number of nitrogens with one attached hydrogen (secondary N) is 1. The Labute approximate surface area is 111 Å². The lowest BCUT2D eigenvalue weighted by molar-refractivity contribution is -0.121. The minimum Gasteiger partial charge on any atom is -0.383 e. The molecule has 1 aromatic carbocycles. The molecule has 5 heteroatoms. The molecule has 0 spiro atoms. The number of hydrazine groups is 1. The van der Waals surface area contributed by atoms with Crippen LogP contribution in [0.15, 0.2) is 23.1 Å². The van der Waals surface area contributed by atoms with Gasteiger partial charge < -0.3 is 4.74 Å². The zero-order valence-electron chi connectivity index (χ0n) is 10.4. The van der Waals surface area contributed by atoms with Crippen molar-refractivity contribution in [1.29, 1.82) is 0 Å². The average Bonchev–Trinajstić information content (AvgIpc) is 2.84. The van der Waals surface area contributed by atoms with E-state index in [2.05, 4.69) is 23.6 Å². The maximum atomic E-state index is 11.6. The fourth-order valence-electron chi connectivity index (χ4n) is 2.19. The molecule has 0 saturated carbocycles. The molecular weight excluding hydrogens is 248 g/mol. The van der Waals surface area contributed by atoms with E-state index in [1.807, 2.05) is 0 Å². The molecule has 1 unspecified atom stereocenters. The molecule has 0 aliphatic heterocycles. The van der Waals surface area contributed by atoms with Crippen LogP contribution in [0.4, 0.5) is 0 Å². The number of benzene rings is 1. The fourth-order valence-corrected chi connectivity index (χ4v) is 3.26. The number of fused-ring (bicyclic) bond motifs is 1. The van der Waals surface area contributed by atoms with Gasteiger partial charge in [0.05, 0.1) is 6.61 Å². The number of carbonyl (C=O) groups excluding carboxylic acids is 1. The van der Waals surface area contributed by atoms with E-state index in [1.165, 1.54) is 35.7 Å². The lowest BCUT2D eigenvalue weighted by Gasteiger charge is -2.14. The Morgan fingerprint density at radius 3 is 3.00 bits per heavy atom. The van der Waals surface area contributed by atoms with Gasteiger partial charge >= 0.3 is 0 Å². The highest BCUT2D eigenvalue weighted by Crippen LogP contribution is 2.29. The van der Waals surface area contributed by atoms with Crippen LogP contribution in [0.25, 0.3) is 0 Å². The number of hydrogen-bond acceptors (Lipinski definition) is 4. The highest BCUT2D eigenvalue weighted by Gasteiger charge is 2.20. The maximum Gasteiger partial charge on any atom is 0.249 e. The number of amides is 1. The van der Waals surface area contributed by atoms with Gasteiger partial charge in [-0.15, -0.1) is 11.8 Å². The molecule has 0 heterocycles. The molecule has 3 N–H and O–H groups in total. The lowest BCUT2D eigenvalue weighted by atomic mass is 10.1. The Morgan fingerprint density at radius 1 is 1.50 bits per heavy atom. The van der Waals surface area contributed by atoms with E-state index in [1.54, 1.807) is 7.11 Å². The van der Waals surface area contributed by atoms with Crippen molar-refractivity contribution >= 4 is 17.7 Å². The molecule has 1 aromatic rings. The molecule has 2 rings (SSSR count). The third kappa shape index (κ3) is 3.04. The summed E-state index contributed by atoms with van der Waals surface area (Å²) in [4.78, 5) is 12.7. The first-order valence-corrected chi connectivity index (χ1v) is 6.90. The van der Waals surface area contributed by atoms with Crippen molar-refractivity contribution in [2.45, 2.75) is 29.4 Å². The van der Waals surface area contributed by atoms with Crippen LogP contribution in [0.2, 0.25) is 0 Å². The van der Waals surface area contributed by atoms with Crippen molar-refractivity contribution in [3.05, 3.63) is 29.3 Å². The van der Waals surface area contributed by atoms with Gasteiger partial charge in [0.2, 0.25) is 5.91 Å². The molecular formula is C13H18N2O2S. The largest absolute Gasteiger partial charge is 0.383 e.